The second-order valence-electron chi connectivity index (χ2n) is 4.95. The maximum Gasteiger partial charge on any atom is 0.170 e. The monoisotopic (exact) mass is 264 g/mol. The molecule has 0 amide bonds. The summed E-state index contributed by atoms with van der Waals surface area (Å²) in [5.41, 5.74) is 7.14. The molecule has 19 heavy (non-hydrogen) atoms. The number of anilines is 1. The Morgan fingerprint density at radius 2 is 2.37 bits per heavy atom. The lowest BCUT2D eigenvalue weighted by molar-refractivity contribution is 0.263. The van der Waals surface area contributed by atoms with Crippen molar-refractivity contribution in [1.82, 2.24) is 4.98 Å². The predicted molar refractivity (Wildman–Crippen MR) is 73.5 cm³/mol. The van der Waals surface area contributed by atoms with Crippen molar-refractivity contribution >= 4 is 11.7 Å². The zero-order chi connectivity index (χ0) is 13.8. The molecule has 0 aliphatic carbocycles. The number of rotatable bonds is 4. The molecule has 1 saturated heterocycles. The van der Waals surface area contributed by atoms with E-state index in [0.717, 1.165) is 37.4 Å². The van der Waals surface area contributed by atoms with Crippen LogP contribution in [0.2, 0.25) is 0 Å². The average Bonchev–Trinajstić information content (AvgIpc) is 2.86. The van der Waals surface area contributed by atoms with Gasteiger partial charge in [-0.05, 0) is 37.8 Å². The Bertz CT molecular complexity index is 476. The number of aryl methyl sites for hydroxylation is 1. The van der Waals surface area contributed by atoms with Crippen LogP contribution >= 0.6 is 0 Å². The van der Waals surface area contributed by atoms with Gasteiger partial charge in [-0.25, -0.2) is 4.98 Å². The van der Waals surface area contributed by atoms with Crippen LogP contribution in [0.15, 0.2) is 17.3 Å². The van der Waals surface area contributed by atoms with Crippen molar-refractivity contribution < 1.29 is 10.3 Å². The van der Waals surface area contributed by atoms with Crippen LogP contribution in [0.4, 0.5) is 5.82 Å². The smallest absolute Gasteiger partial charge is 0.170 e. The van der Waals surface area contributed by atoms with Gasteiger partial charge in [-0.3, -0.25) is 0 Å². The maximum atomic E-state index is 8.98. The molecule has 4 N–H and O–H groups in total. The molecule has 1 fully saturated rings. The molecule has 0 saturated carbocycles. The summed E-state index contributed by atoms with van der Waals surface area (Å²) in [5.74, 6) is 1.46. The number of hydrogen-bond acceptors (Lipinski definition) is 5. The number of hydrogen-bond donors (Lipinski definition) is 3. The molecule has 0 aromatic carbocycles. The molecule has 0 radical (unpaired) electrons. The van der Waals surface area contributed by atoms with Gasteiger partial charge in [0.25, 0.3) is 0 Å². The topological polar surface area (TPSA) is 95.0 Å². The molecule has 1 unspecified atom stereocenters. The van der Waals surface area contributed by atoms with Crippen molar-refractivity contribution in [3.8, 4) is 0 Å². The third-order valence-corrected chi connectivity index (χ3v) is 3.49. The van der Waals surface area contributed by atoms with Gasteiger partial charge in [-0.15, -0.1) is 0 Å². The third-order valence-electron chi connectivity index (χ3n) is 3.49. The quantitative estimate of drug-likeness (QED) is 0.322. The molecule has 2 heterocycles. The largest absolute Gasteiger partial charge is 0.409 e. The van der Waals surface area contributed by atoms with Gasteiger partial charge in [0.15, 0.2) is 5.84 Å². The van der Waals surface area contributed by atoms with E-state index in [1.165, 1.54) is 0 Å². The molecule has 6 heteroatoms. The van der Waals surface area contributed by atoms with Crippen molar-refractivity contribution in [2.24, 2.45) is 16.8 Å². The minimum absolute atomic E-state index is 0.0952. The Kier molecular flexibility index (Phi) is 4.21. The van der Waals surface area contributed by atoms with Gasteiger partial charge in [0.1, 0.15) is 5.82 Å². The Morgan fingerprint density at radius 3 is 3.05 bits per heavy atom. The summed E-state index contributed by atoms with van der Waals surface area (Å²) in [6, 6.07) is 3.63. The lowest BCUT2D eigenvalue weighted by Crippen LogP contribution is -2.22. The van der Waals surface area contributed by atoms with E-state index in [2.05, 4.69) is 15.0 Å². The third kappa shape index (κ3) is 3.14. The number of oxime groups is 1. The van der Waals surface area contributed by atoms with Crippen LogP contribution < -0.4 is 10.6 Å². The van der Waals surface area contributed by atoms with Crippen LogP contribution in [0.3, 0.4) is 0 Å². The molecule has 0 bridgehead atoms. The summed E-state index contributed by atoms with van der Waals surface area (Å²) in [7, 11) is 0. The number of amidine groups is 1. The second kappa shape index (κ2) is 5.88. The van der Waals surface area contributed by atoms with Crippen LogP contribution in [0, 0.1) is 12.8 Å². The molecular weight excluding hydrogens is 244 g/mol. The van der Waals surface area contributed by atoms with Crippen LogP contribution in [0.1, 0.15) is 24.1 Å². The second-order valence-corrected chi connectivity index (χ2v) is 4.95. The SMILES string of the molecule is Cc1cc(/C(N)=N/O)cc(N2CCC(CCO)C2)n1. The van der Waals surface area contributed by atoms with Crippen LogP contribution in [-0.4, -0.2) is 40.8 Å². The summed E-state index contributed by atoms with van der Waals surface area (Å²) in [5, 5.41) is 20.8. The van der Waals surface area contributed by atoms with Gasteiger partial charge in [0.2, 0.25) is 0 Å². The van der Waals surface area contributed by atoms with E-state index in [9.17, 15) is 0 Å². The summed E-state index contributed by atoms with van der Waals surface area (Å²) in [6.45, 7) is 3.94. The number of pyridine rings is 1. The Labute approximate surface area is 112 Å². The Hall–Kier alpha value is -1.82. The number of nitrogens with zero attached hydrogens (tertiary/aromatic N) is 3. The number of aliphatic hydroxyl groups is 1. The minimum Gasteiger partial charge on any atom is -0.409 e. The Morgan fingerprint density at radius 1 is 1.58 bits per heavy atom. The molecule has 6 nitrogen and oxygen atoms in total. The predicted octanol–water partition coefficient (Wildman–Crippen LogP) is 0.693. The lowest BCUT2D eigenvalue weighted by Gasteiger charge is -2.18. The maximum absolute atomic E-state index is 8.98. The first-order valence-corrected chi connectivity index (χ1v) is 6.46. The van der Waals surface area contributed by atoms with E-state index in [1.807, 2.05) is 13.0 Å². The van der Waals surface area contributed by atoms with Gasteiger partial charge in [-0.1, -0.05) is 5.16 Å². The number of aromatic nitrogens is 1. The fourth-order valence-electron chi connectivity index (χ4n) is 2.48. The van der Waals surface area contributed by atoms with Crippen molar-refractivity contribution in [3.63, 3.8) is 0 Å². The van der Waals surface area contributed by atoms with Gasteiger partial charge in [-0.2, -0.15) is 0 Å². The van der Waals surface area contributed by atoms with E-state index in [1.54, 1.807) is 6.07 Å². The van der Waals surface area contributed by atoms with Gasteiger partial charge in [0, 0.05) is 31.0 Å². The minimum atomic E-state index is 0.0952. The highest BCUT2D eigenvalue weighted by atomic mass is 16.4. The zero-order valence-corrected chi connectivity index (χ0v) is 11.1. The highest BCUT2D eigenvalue weighted by Crippen LogP contribution is 2.25. The molecule has 2 rings (SSSR count). The molecule has 0 spiro atoms. The Balaban J connectivity index is 2.19. The summed E-state index contributed by atoms with van der Waals surface area (Å²) in [6.07, 6.45) is 1.89. The summed E-state index contributed by atoms with van der Waals surface area (Å²) < 4.78 is 0. The van der Waals surface area contributed by atoms with Crippen LogP contribution in [0.25, 0.3) is 0 Å². The molecule has 104 valence electrons. The van der Waals surface area contributed by atoms with E-state index in [0.29, 0.717) is 11.5 Å². The fourth-order valence-corrected chi connectivity index (χ4v) is 2.48. The molecular formula is C13H20N4O2. The van der Waals surface area contributed by atoms with Crippen molar-refractivity contribution in [1.29, 1.82) is 0 Å². The van der Waals surface area contributed by atoms with E-state index in [4.69, 9.17) is 16.0 Å². The number of nitrogens with two attached hydrogens (primary N) is 1. The van der Waals surface area contributed by atoms with Gasteiger partial charge < -0.3 is 20.9 Å². The number of aliphatic hydroxyl groups excluding tert-OH is 1. The summed E-state index contributed by atoms with van der Waals surface area (Å²) in [4.78, 5) is 6.68. The molecule has 1 aliphatic heterocycles. The van der Waals surface area contributed by atoms with Gasteiger partial charge >= 0.3 is 0 Å². The van der Waals surface area contributed by atoms with Crippen LogP contribution in [-0.2, 0) is 0 Å². The first-order valence-electron chi connectivity index (χ1n) is 6.46. The van der Waals surface area contributed by atoms with Gasteiger partial charge in [0.05, 0.1) is 0 Å². The standard InChI is InChI=1S/C13H20N4O2/c1-9-6-11(13(14)16-19)7-12(15-9)17-4-2-10(8-17)3-5-18/h6-7,10,18-19H,2-5,8H2,1H3,(H2,14,16). The first-order chi connectivity index (χ1) is 9.13. The van der Waals surface area contributed by atoms with Crippen molar-refractivity contribution in [2.45, 2.75) is 19.8 Å². The molecule has 1 aliphatic rings. The van der Waals surface area contributed by atoms with Crippen LogP contribution in [0.5, 0.6) is 0 Å². The van der Waals surface area contributed by atoms with Crippen molar-refractivity contribution in [3.05, 3.63) is 23.4 Å². The molecule has 1 aromatic rings. The summed E-state index contributed by atoms with van der Waals surface area (Å²) >= 11 is 0. The first kappa shape index (κ1) is 13.6. The van der Waals surface area contributed by atoms with Crippen molar-refractivity contribution in [2.75, 3.05) is 24.6 Å². The van der Waals surface area contributed by atoms with E-state index < -0.39 is 0 Å². The fraction of sp³-hybridized carbons (Fsp3) is 0.538. The highest BCUT2D eigenvalue weighted by molar-refractivity contribution is 5.97. The van der Waals surface area contributed by atoms with E-state index >= 15 is 0 Å². The lowest BCUT2D eigenvalue weighted by atomic mass is 10.1. The zero-order valence-electron chi connectivity index (χ0n) is 11.1. The molecule has 1 aromatic heterocycles. The normalized spacial score (nSPS) is 20.0. The highest BCUT2D eigenvalue weighted by Gasteiger charge is 2.23. The average molecular weight is 264 g/mol. The van der Waals surface area contributed by atoms with E-state index in [-0.39, 0.29) is 12.4 Å². The molecule has 1 atom stereocenters.